The molecule has 164 valence electrons. The molecule has 11 heteroatoms. The fourth-order valence-corrected chi connectivity index (χ4v) is 5.01. The third kappa shape index (κ3) is 5.79. The van der Waals surface area contributed by atoms with Crippen LogP contribution in [0.25, 0.3) is 0 Å². The van der Waals surface area contributed by atoms with Crippen LogP contribution >= 0.6 is 22.7 Å². The summed E-state index contributed by atoms with van der Waals surface area (Å²) in [6.07, 6.45) is -1.52. The second kappa shape index (κ2) is 9.44. The van der Waals surface area contributed by atoms with Crippen molar-refractivity contribution in [2.75, 3.05) is 26.2 Å². The maximum Gasteiger partial charge on any atom is 0.490 e. The lowest BCUT2D eigenvalue weighted by Gasteiger charge is -2.39. The minimum atomic E-state index is -5.08. The van der Waals surface area contributed by atoms with E-state index in [0.717, 1.165) is 39.1 Å². The molecule has 0 atom stereocenters. The van der Waals surface area contributed by atoms with Gasteiger partial charge in [-0.2, -0.15) is 24.5 Å². The molecule has 2 saturated heterocycles. The molecule has 1 amide bonds. The van der Waals surface area contributed by atoms with Gasteiger partial charge >= 0.3 is 12.1 Å². The maximum atomic E-state index is 12.5. The van der Waals surface area contributed by atoms with Crippen LogP contribution in [-0.4, -0.2) is 64.1 Å². The van der Waals surface area contributed by atoms with Gasteiger partial charge in [-0.25, -0.2) is 9.78 Å². The van der Waals surface area contributed by atoms with Gasteiger partial charge in [0.25, 0.3) is 5.91 Å². The number of rotatable bonds is 3. The average molecular weight is 462 g/mol. The summed E-state index contributed by atoms with van der Waals surface area (Å²) >= 11 is 3.26. The number of carbonyl (C=O) groups is 2. The molecular formula is C19H22F3N3O3S2. The minimum Gasteiger partial charge on any atom is -0.475 e. The predicted molar refractivity (Wildman–Crippen MR) is 108 cm³/mol. The number of nitrogens with zero attached hydrogens (tertiary/aromatic N) is 3. The zero-order valence-electron chi connectivity index (χ0n) is 16.1. The Morgan fingerprint density at radius 1 is 1.13 bits per heavy atom. The molecule has 2 aromatic heterocycles. The standard InChI is InChI=1S/C17H21N3OS2.C2HF3O2/c21-16(15-11-23-13-18-15)20-7-4-17(12-20)2-5-19(6-3-17)9-14-1-8-22-10-14;3-2(4,5)1(6)7/h1,8,10-11,13H,2-7,9,12H2;(H,6,7). The highest BCUT2D eigenvalue weighted by Gasteiger charge is 2.42. The van der Waals surface area contributed by atoms with E-state index in [4.69, 9.17) is 9.90 Å². The molecule has 4 heterocycles. The number of aliphatic carboxylic acids is 1. The number of halogens is 3. The van der Waals surface area contributed by atoms with Crippen molar-refractivity contribution >= 4 is 34.6 Å². The summed E-state index contributed by atoms with van der Waals surface area (Å²) in [6.45, 7) is 5.17. The van der Waals surface area contributed by atoms with Crippen LogP contribution in [0.15, 0.2) is 27.7 Å². The Hall–Kier alpha value is -1.98. The minimum absolute atomic E-state index is 0.115. The number of carboxylic acid groups (broad SMARTS) is 1. The van der Waals surface area contributed by atoms with Gasteiger partial charge in [0.1, 0.15) is 5.69 Å². The van der Waals surface area contributed by atoms with Crippen molar-refractivity contribution < 1.29 is 27.9 Å². The van der Waals surface area contributed by atoms with Crippen LogP contribution in [0.5, 0.6) is 0 Å². The first-order valence-electron chi connectivity index (χ1n) is 9.40. The van der Waals surface area contributed by atoms with Crippen molar-refractivity contribution in [3.05, 3.63) is 39.0 Å². The first kappa shape index (κ1) is 22.7. The topological polar surface area (TPSA) is 73.7 Å². The Bertz CT molecular complexity index is 833. The molecule has 1 N–H and O–H groups in total. The Labute approximate surface area is 179 Å². The second-order valence-corrected chi connectivity index (χ2v) is 9.06. The fourth-order valence-electron chi connectivity index (χ4n) is 3.82. The SMILES string of the molecule is O=C(O)C(F)(F)F.O=C(c1cscn1)N1CCC2(CCN(Cc3ccsc3)CC2)C1. The van der Waals surface area contributed by atoms with E-state index in [1.807, 2.05) is 10.3 Å². The van der Waals surface area contributed by atoms with Crippen LogP contribution in [0.2, 0.25) is 0 Å². The van der Waals surface area contributed by atoms with Crippen LogP contribution in [0.1, 0.15) is 35.3 Å². The number of carboxylic acids is 1. The number of hydrogen-bond acceptors (Lipinski definition) is 6. The van der Waals surface area contributed by atoms with E-state index in [-0.39, 0.29) is 5.91 Å². The molecule has 6 nitrogen and oxygen atoms in total. The molecule has 4 rings (SSSR count). The lowest BCUT2D eigenvalue weighted by molar-refractivity contribution is -0.192. The predicted octanol–water partition coefficient (Wildman–Crippen LogP) is 3.97. The Kier molecular flexibility index (Phi) is 7.14. The Morgan fingerprint density at radius 3 is 2.33 bits per heavy atom. The quantitative estimate of drug-likeness (QED) is 0.749. The summed E-state index contributed by atoms with van der Waals surface area (Å²) in [5, 5.41) is 13.4. The molecule has 2 aliphatic heterocycles. The molecule has 30 heavy (non-hydrogen) atoms. The van der Waals surface area contributed by atoms with Crippen molar-refractivity contribution in [1.29, 1.82) is 0 Å². The van der Waals surface area contributed by atoms with E-state index in [1.54, 1.807) is 16.8 Å². The van der Waals surface area contributed by atoms with Crippen molar-refractivity contribution in [1.82, 2.24) is 14.8 Å². The van der Waals surface area contributed by atoms with Gasteiger partial charge < -0.3 is 10.0 Å². The van der Waals surface area contributed by atoms with Gasteiger partial charge in [0.15, 0.2) is 0 Å². The van der Waals surface area contributed by atoms with Crippen LogP contribution in [0, 0.1) is 5.41 Å². The maximum absolute atomic E-state index is 12.5. The normalized spacial score (nSPS) is 18.8. The average Bonchev–Trinajstić information content (AvgIpc) is 3.45. The molecule has 0 saturated carbocycles. The molecule has 1 spiro atoms. The first-order chi connectivity index (χ1) is 14.2. The number of hydrogen-bond donors (Lipinski definition) is 1. The van der Waals surface area contributed by atoms with Crippen LogP contribution in [-0.2, 0) is 11.3 Å². The smallest absolute Gasteiger partial charge is 0.475 e. The summed E-state index contributed by atoms with van der Waals surface area (Å²) in [7, 11) is 0. The Morgan fingerprint density at radius 2 is 1.80 bits per heavy atom. The first-order valence-corrected chi connectivity index (χ1v) is 11.3. The monoisotopic (exact) mass is 461 g/mol. The molecule has 0 aromatic carbocycles. The lowest BCUT2D eigenvalue weighted by Crippen LogP contribution is -2.41. The van der Waals surface area contributed by atoms with E-state index < -0.39 is 12.1 Å². The van der Waals surface area contributed by atoms with Crippen LogP contribution in [0.4, 0.5) is 13.2 Å². The number of carbonyl (C=O) groups excluding carboxylic acids is 1. The van der Waals surface area contributed by atoms with Crippen molar-refractivity contribution in [3.8, 4) is 0 Å². The van der Waals surface area contributed by atoms with Gasteiger partial charge in [0.05, 0.1) is 5.51 Å². The summed E-state index contributed by atoms with van der Waals surface area (Å²) in [6, 6.07) is 2.22. The highest BCUT2D eigenvalue weighted by molar-refractivity contribution is 7.08. The van der Waals surface area contributed by atoms with Crippen LogP contribution in [0.3, 0.4) is 0 Å². The van der Waals surface area contributed by atoms with Gasteiger partial charge in [-0.3, -0.25) is 9.69 Å². The van der Waals surface area contributed by atoms with E-state index in [0.29, 0.717) is 11.1 Å². The fraction of sp³-hybridized carbons (Fsp3) is 0.526. The third-order valence-electron chi connectivity index (χ3n) is 5.52. The number of thiazole rings is 1. The zero-order chi connectivity index (χ0) is 21.8. The molecule has 0 unspecified atom stereocenters. The zero-order valence-corrected chi connectivity index (χ0v) is 17.7. The molecule has 2 aliphatic rings. The van der Waals surface area contributed by atoms with E-state index in [9.17, 15) is 18.0 Å². The number of likely N-dealkylation sites (tertiary alicyclic amines) is 2. The Balaban J connectivity index is 0.000000318. The molecule has 0 radical (unpaired) electrons. The van der Waals surface area contributed by atoms with E-state index >= 15 is 0 Å². The molecule has 0 aliphatic carbocycles. The second-order valence-electron chi connectivity index (χ2n) is 7.56. The summed E-state index contributed by atoms with van der Waals surface area (Å²) in [5.74, 6) is -2.64. The third-order valence-corrected chi connectivity index (χ3v) is 6.84. The summed E-state index contributed by atoms with van der Waals surface area (Å²) in [5.41, 5.74) is 4.12. The van der Waals surface area contributed by atoms with Gasteiger partial charge in [0.2, 0.25) is 0 Å². The van der Waals surface area contributed by atoms with Gasteiger partial charge in [-0.05, 0) is 60.2 Å². The molecular weight excluding hydrogens is 439 g/mol. The van der Waals surface area contributed by atoms with Crippen LogP contribution < -0.4 is 0 Å². The van der Waals surface area contributed by atoms with E-state index in [2.05, 4.69) is 26.7 Å². The summed E-state index contributed by atoms with van der Waals surface area (Å²) in [4.78, 5) is 30.1. The van der Waals surface area contributed by atoms with Crippen molar-refractivity contribution in [2.45, 2.75) is 32.0 Å². The highest BCUT2D eigenvalue weighted by atomic mass is 32.1. The molecule has 2 fully saturated rings. The molecule has 0 bridgehead atoms. The number of amides is 1. The number of thiophene rings is 1. The number of piperidine rings is 1. The van der Waals surface area contributed by atoms with Gasteiger partial charge in [0, 0.05) is 25.0 Å². The van der Waals surface area contributed by atoms with Crippen molar-refractivity contribution in [2.24, 2.45) is 5.41 Å². The van der Waals surface area contributed by atoms with Gasteiger partial charge in [-0.15, -0.1) is 11.3 Å². The van der Waals surface area contributed by atoms with Crippen molar-refractivity contribution in [3.63, 3.8) is 0 Å². The number of alkyl halides is 3. The highest BCUT2D eigenvalue weighted by Crippen LogP contribution is 2.41. The largest absolute Gasteiger partial charge is 0.490 e. The van der Waals surface area contributed by atoms with Gasteiger partial charge in [-0.1, -0.05) is 0 Å². The van der Waals surface area contributed by atoms with E-state index in [1.165, 1.54) is 29.7 Å². The number of aromatic nitrogens is 1. The lowest BCUT2D eigenvalue weighted by atomic mass is 9.77. The molecule has 2 aromatic rings. The summed E-state index contributed by atoms with van der Waals surface area (Å²) < 4.78 is 31.7.